The molecule has 3 N–H and O–H groups in total. The highest BCUT2D eigenvalue weighted by Gasteiger charge is 2.38. The molecule has 1 fully saturated rings. The third kappa shape index (κ3) is 3.58. The van der Waals surface area contributed by atoms with Crippen LogP contribution in [0.15, 0.2) is 24.3 Å². The summed E-state index contributed by atoms with van der Waals surface area (Å²) >= 11 is 0. The van der Waals surface area contributed by atoms with Crippen molar-refractivity contribution in [3.63, 3.8) is 0 Å². The van der Waals surface area contributed by atoms with Gasteiger partial charge in [-0.15, -0.1) is 0 Å². The van der Waals surface area contributed by atoms with E-state index in [-0.39, 0.29) is 18.4 Å². The van der Waals surface area contributed by atoms with E-state index < -0.39 is 18.1 Å². The maximum absolute atomic E-state index is 13.0. The summed E-state index contributed by atoms with van der Waals surface area (Å²) in [7, 11) is 0. The molecule has 134 valence electrons. The van der Waals surface area contributed by atoms with Crippen molar-refractivity contribution in [2.45, 2.75) is 25.9 Å². The van der Waals surface area contributed by atoms with Gasteiger partial charge in [0.1, 0.15) is 6.04 Å². The molecule has 8 heteroatoms. The lowest BCUT2D eigenvalue weighted by atomic mass is 9.99. The fourth-order valence-electron chi connectivity index (χ4n) is 3.27. The van der Waals surface area contributed by atoms with Gasteiger partial charge in [-0.2, -0.15) is 0 Å². The molecule has 3 rings (SSSR count). The Bertz CT molecular complexity index is 693. The molecule has 0 radical (unpaired) electrons. The SMILES string of the molecule is CC(CNC(=O)O)C(=O)N[C@@H]1C(=O)N2CCCN2Cc2ccccc21. The molecule has 1 aromatic rings. The lowest BCUT2D eigenvalue weighted by Gasteiger charge is -2.28. The number of hydrazine groups is 1. The molecule has 0 bridgehead atoms. The number of nitrogens with zero attached hydrogens (tertiary/aromatic N) is 2. The van der Waals surface area contributed by atoms with Crippen LogP contribution in [0.3, 0.4) is 0 Å². The normalized spacial score (nSPS) is 21.1. The number of benzene rings is 1. The molecule has 0 saturated carbocycles. The predicted octanol–water partition coefficient (Wildman–Crippen LogP) is 0.711. The highest BCUT2D eigenvalue weighted by Crippen LogP contribution is 2.29. The van der Waals surface area contributed by atoms with Crippen molar-refractivity contribution < 1.29 is 19.5 Å². The Hall–Kier alpha value is -2.61. The van der Waals surface area contributed by atoms with Crippen molar-refractivity contribution in [2.75, 3.05) is 19.6 Å². The topological polar surface area (TPSA) is 102 Å². The second-order valence-corrected chi connectivity index (χ2v) is 6.43. The van der Waals surface area contributed by atoms with Gasteiger partial charge in [0.25, 0.3) is 5.91 Å². The van der Waals surface area contributed by atoms with E-state index in [1.165, 1.54) is 0 Å². The lowest BCUT2D eigenvalue weighted by molar-refractivity contribution is -0.148. The summed E-state index contributed by atoms with van der Waals surface area (Å²) in [6, 6.07) is 6.86. The molecule has 1 unspecified atom stereocenters. The molecule has 0 spiro atoms. The number of hydrogen-bond donors (Lipinski definition) is 3. The van der Waals surface area contributed by atoms with Gasteiger partial charge < -0.3 is 15.7 Å². The fourth-order valence-corrected chi connectivity index (χ4v) is 3.27. The summed E-state index contributed by atoms with van der Waals surface area (Å²) in [6.45, 7) is 3.74. The maximum atomic E-state index is 13.0. The molecular weight excluding hydrogens is 324 g/mol. The van der Waals surface area contributed by atoms with Crippen LogP contribution < -0.4 is 10.6 Å². The van der Waals surface area contributed by atoms with Gasteiger partial charge in [-0.1, -0.05) is 31.2 Å². The van der Waals surface area contributed by atoms with Gasteiger partial charge in [0.05, 0.1) is 5.92 Å². The summed E-state index contributed by atoms with van der Waals surface area (Å²) in [4.78, 5) is 36.0. The molecule has 25 heavy (non-hydrogen) atoms. The number of carboxylic acid groups (broad SMARTS) is 1. The molecule has 2 atom stereocenters. The van der Waals surface area contributed by atoms with Gasteiger partial charge in [0.15, 0.2) is 0 Å². The minimum absolute atomic E-state index is 0.000433. The molecule has 2 aliphatic rings. The fraction of sp³-hybridized carbons (Fsp3) is 0.471. The standard InChI is InChI=1S/C17H22N4O4/c1-11(9-18-17(24)25)15(22)19-14-13-6-3-2-5-12(13)10-20-7-4-8-21(20)16(14)23/h2-3,5-6,11,14,18H,4,7-10H2,1H3,(H,19,22)(H,24,25)/t11?,14-/m0/s1. The van der Waals surface area contributed by atoms with Gasteiger partial charge in [-0.25, -0.2) is 9.80 Å². The highest BCUT2D eigenvalue weighted by molar-refractivity contribution is 5.90. The van der Waals surface area contributed by atoms with Gasteiger partial charge >= 0.3 is 6.09 Å². The van der Waals surface area contributed by atoms with Gasteiger partial charge in [0.2, 0.25) is 5.91 Å². The zero-order valence-corrected chi connectivity index (χ0v) is 14.1. The number of amides is 3. The molecule has 1 aromatic carbocycles. The van der Waals surface area contributed by atoms with Crippen LogP contribution >= 0.6 is 0 Å². The van der Waals surface area contributed by atoms with Crippen LogP contribution in [0.25, 0.3) is 0 Å². The smallest absolute Gasteiger partial charge is 0.404 e. The van der Waals surface area contributed by atoms with Crippen LogP contribution in [0.2, 0.25) is 0 Å². The zero-order valence-electron chi connectivity index (χ0n) is 14.1. The van der Waals surface area contributed by atoms with E-state index >= 15 is 0 Å². The summed E-state index contributed by atoms with van der Waals surface area (Å²) in [6.07, 6.45) is -0.267. The Labute approximate surface area is 145 Å². The second-order valence-electron chi connectivity index (χ2n) is 6.43. The highest BCUT2D eigenvalue weighted by atomic mass is 16.4. The maximum Gasteiger partial charge on any atom is 0.404 e. The number of carbonyl (C=O) groups excluding carboxylic acids is 2. The van der Waals surface area contributed by atoms with Crippen LogP contribution in [0.1, 0.15) is 30.5 Å². The van der Waals surface area contributed by atoms with Crippen molar-refractivity contribution in [1.82, 2.24) is 20.7 Å². The predicted molar refractivity (Wildman–Crippen MR) is 89.3 cm³/mol. The monoisotopic (exact) mass is 346 g/mol. The molecular formula is C17H22N4O4. The average molecular weight is 346 g/mol. The van der Waals surface area contributed by atoms with Crippen molar-refractivity contribution in [1.29, 1.82) is 0 Å². The van der Waals surface area contributed by atoms with Crippen LogP contribution in [-0.2, 0) is 16.1 Å². The van der Waals surface area contributed by atoms with Gasteiger partial charge in [0, 0.05) is 26.2 Å². The Morgan fingerprint density at radius 3 is 2.84 bits per heavy atom. The first-order chi connectivity index (χ1) is 12.0. The number of rotatable bonds is 4. The molecule has 0 aromatic heterocycles. The molecule has 1 saturated heterocycles. The van der Waals surface area contributed by atoms with E-state index in [4.69, 9.17) is 5.11 Å². The van der Waals surface area contributed by atoms with Crippen molar-refractivity contribution in [2.24, 2.45) is 5.92 Å². The van der Waals surface area contributed by atoms with E-state index in [1.807, 2.05) is 29.3 Å². The number of carbonyl (C=O) groups is 3. The first-order valence-corrected chi connectivity index (χ1v) is 8.38. The van der Waals surface area contributed by atoms with Crippen molar-refractivity contribution in [3.05, 3.63) is 35.4 Å². The Kier molecular flexibility index (Phi) is 4.89. The molecule has 2 heterocycles. The Morgan fingerprint density at radius 2 is 2.08 bits per heavy atom. The van der Waals surface area contributed by atoms with Gasteiger partial charge in [-0.05, 0) is 17.5 Å². The van der Waals surface area contributed by atoms with E-state index in [9.17, 15) is 14.4 Å². The van der Waals surface area contributed by atoms with Crippen LogP contribution in [0.5, 0.6) is 0 Å². The molecule has 8 nitrogen and oxygen atoms in total. The first kappa shape index (κ1) is 17.2. The van der Waals surface area contributed by atoms with E-state index in [2.05, 4.69) is 10.6 Å². The minimum atomic E-state index is -1.18. The van der Waals surface area contributed by atoms with E-state index in [0.717, 1.165) is 24.1 Å². The van der Waals surface area contributed by atoms with Crippen LogP contribution in [0, 0.1) is 5.92 Å². The van der Waals surface area contributed by atoms with Crippen LogP contribution in [0.4, 0.5) is 4.79 Å². The quantitative estimate of drug-likeness (QED) is 0.745. The number of nitrogens with one attached hydrogen (secondary N) is 2. The Morgan fingerprint density at radius 1 is 1.32 bits per heavy atom. The van der Waals surface area contributed by atoms with Gasteiger partial charge in [-0.3, -0.25) is 14.6 Å². The molecule has 0 aliphatic carbocycles. The van der Waals surface area contributed by atoms with E-state index in [0.29, 0.717) is 13.1 Å². The second kappa shape index (κ2) is 7.10. The third-order valence-electron chi connectivity index (χ3n) is 4.64. The largest absolute Gasteiger partial charge is 0.465 e. The lowest BCUT2D eigenvalue weighted by Crippen LogP contribution is -2.47. The van der Waals surface area contributed by atoms with Crippen molar-refractivity contribution >= 4 is 17.9 Å². The number of hydrogen-bond acceptors (Lipinski definition) is 4. The summed E-state index contributed by atoms with van der Waals surface area (Å²) in [5.74, 6) is -1.07. The Balaban J connectivity index is 1.81. The summed E-state index contributed by atoms with van der Waals surface area (Å²) < 4.78 is 0. The minimum Gasteiger partial charge on any atom is -0.465 e. The summed E-state index contributed by atoms with van der Waals surface area (Å²) in [5, 5.41) is 17.4. The van der Waals surface area contributed by atoms with Crippen LogP contribution in [-0.4, -0.2) is 52.7 Å². The third-order valence-corrected chi connectivity index (χ3v) is 4.64. The first-order valence-electron chi connectivity index (χ1n) is 8.38. The van der Waals surface area contributed by atoms with Crippen molar-refractivity contribution in [3.8, 4) is 0 Å². The van der Waals surface area contributed by atoms with E-state index in [1.54, 1.807) is 11.9 Å². The average Bonchev–Trinajstić information content (AvgIpc) is 3.01. The molecule has 2 aliphatic heterocycles. The zero-order chi connectivity index (χ0) is 18.0. The summed E-state index contributed by atoms with van der Waals surface area (Å²) in [5.41, 5.74) is 1.82. The number of fused-ring (bicyclic) bond motifs is 2. The molecule has 3 amide bonds.